The Hall–Kier alpha value is -1.20. The fourth-order valence-corrected chi connectivity index (χ4v) is 6.44. The number of thiazole rings is 1. The fraction of sp³-hybridized carbons (Fsp3) is 0.375. The summed E-state index contributed by atoms with van der Waals surface area (Å²) in [7, 11) is 1.05. The third kappa shape index (κ3) is 9.86. The Labute approximate surface area is 202 Å². The van der Waals surface area contributed by atoms with E-state index in [1.807, 2.05) is 11.8 Å². The molecule has 0 saturated heterocycles. The predicted octanol–water partition coefficient (Wildman–Crippen LogP) is 7.91. The highest BCUT2D eigenvalue weighted by Crippen LogP contribution is 2.28. The molecule has 1 unspecified atom stereocenters. The molecule has 1 atom stereocenters. The molecule has 2 rings (SSSR count). The molecule has 7 heteroatoms. The van der Waals surface area contributed by atoms with Crippen molar-refractivity contribution in [1.29, 1.82) is 0 Å². The maximum Gasteiger partial charge on any atom is 0.183 e. The van der Waals surface area contributed by atoms with E-state index >= 15 is 0 Å². The number of nitrogens with one attached hydrogen (secondary N) is 2. The summed E-state index contributed by atoms with van der Waals surface area (Å²) in [6.07, 6.45) is 6.96. The van der Waals surface area contributed by atoms with Gasteiger partial charge in [0, 0.05) is 39.3 Å². The number of aromatic nitrogens is 1. The molecule has 1 heterocycles. The standard InChI is InChI=1S/C24H34N3PS3/c1-6-13-28-17-30-21(7-2)14-25-19(5)31-22(8-3)15-26-24-27-23(16-29-24)20-11-9-18(4)10-12-20/h7-12,16,25,28H,5-6,13-15,17H2,1-4H3,(H,26,27)/b21-7-,22-8-. The van der Waals surface area contributed by atoms with Crippen molar-refractivity contribution in [1.82, 2.24) is 10.3 Å². The van der Waals surface area contributed by atoms with Gasteiger partial charge in [0.25, 0.3) is 0 Å². The van der Waals surface area contributed by atoms with Crippen LogP contribution in [0, 0.1) is 6.92 Å². The topological polar surface area (TPSA) is 37.0 Å². The average Bonchev–Trinajstić information content (AvgIpc) is 3.25. The average molecular weight is 492 g/mol. The zero-order valence-electron chi connectivity index (χ0n) is 19.0. The first-order chi connectivity index (χ1) is 15.0. The van der Waals surface area contributed by atoms with E-state index in [0.29, 0.717) is 0 Å². The van der Waals surface area contributed by atoms with Crippen molar-refractivity contribution in [2.24, 2.45) is 0 Å². The van der Waals surface area contributed by atoms with Gasteiger partial charge < -0.3 is 10.6 Å². The van der Waals surface area contributed by atoms with Gasteiger partial charge in [-0.15, -0.1) is 31.7 Å². The molecule has 0 spiro atoms. The van der Waals surface area contributed by atoms with Gasteiger partial charge in [-0.3, -0.25) is 0 Å². The minimum absolute atomic E-state index is 0.742. The summed E-state index contributed by atoms with van der Waals surface area (Å²) >= 11 is 5.29. The molecule has 0 fully saturated rings. The lowest BCUT2D eigenvalue weighted by atomic mass is 10.1. The van der Waals surface area contributed by atoms with Crippen LogP contribution in [0.2, 0.25) is 0 Å². The van der Waals surface area contributed by atoms with Crippen molar-refractivity contribution < 1.29 is 0 Å². The van der Waals surface area contributed by atoms with E-state index in [4.69, 9.17) is 4.98 Å². The van der Waals surface area contributed by atoms with Crippen LogP contribution in [0.15, 0.2) is 63.2 Å². The van der Waals surface area contributed by atoms with Crippen LogP contribution >= 0.6 is 43.4 Å². The summed E-state index contributed by atoms with van der Waals surface area (Å²) < 4.78 is 0. The van der Waals surface area contributed by atoms with Crippen LogP contribution in [0.3, 0.4) is 0 Å². The van der Waals surface area contributed by atoms with E-state index in [1.165, 1.54) is 33.5 Å². The van der Waals surface area contributed by atoms with Crippen LogP contribution in [-0.2, 0) is 0 Å². The van der Waals surface area contributed by atoms with Crippen LogP contribution in [0.1, 0.15) is 32.8 Å². The number of hydrogen-bond acceptors (Lipinski definition) is 6. The van der Waals surface area contributed by atoms with Gasteiger partial charge in [-0.2, -0.15) is 0 Å². The zero-order valence-corrected chi connectivity index (χ0v) is 22.4. The summed E-state index contributed by atoms with van der Waals surface area (Å²) in [5, 5.41) is 10.9. The highest BCUT2D eigenvalue weighted by Gasteiger charge is 2.07. The lowest BCUT2D eigenvalue weighted by Crippen LogP contribution is -2.14. The van der Waals surface area contributed by atoms with Crippen LogP contribution < -0.4 is 10.6 Å². The fourth-order valence-electron chi connectivity index (χ4n) is 2.58. The summed E-state index contributed by atoms with van der Waals surface area (Å²) in [4.78, 5) is 7.34. The number of nitrogens with zero attached hydrogens (tertiary/aromatic N) is 1. The molecule has 1 aromatic heterocycles. The maximum absolute atomic E-state index is 4.73. The lowest BCUT2D eigenvalue weighted by Gasteiger charge is -2.13. The quantitative estimate of drug-likeness (QED) is 0.207. The highest BCUT2D eigenvalue weighted by molar-refractivity contribution is 8.07. The van der Waals surface area contributed by atoms with E-state index in [9.17, 15) is 0 Å². The van der Waals surface area contributed by atoms with Crippen molar-refractivity contribution in [2.45, 2.75) is 34.1 Å². The van der Waals surface area contributed by atoms with E-state index in [0.717, 1.165) is 43.1 Å². The molecule has 0 bridgehead atoms. The number of allylic oxidation sites excluding steroid dienone is 2. The molecule has 0 radical (unpaired) electrons. The smallest absolute Gasteiger partial charge is 0.183 e. The van der Waals surface area contributed by atoms with Gasteiger partial charge in [-0.05, 0) is 26.9 Å². The van der Waals surface area contributed by atoms with Gasteiger partial charge in [-0.1, -0.05) is 73.7 Å². The molecule has 0 aliphatic heterocycles. The normalized spacial score (nSPS) is 12.5. The van der Waals surface area contributed by atoms with Gasteiger partial charge in [0.2, 0.25) is 0 Å². The number of rotatable bonds is 14. The summed E-state index contributed by atoms with van der Waals surface area (Å²) in [5.41, 5.74) is 4.65. The number of hydrogen-bond donors (Lipinski definition) is 2. The molecule has 0 aliphatic carbocycles. The van der Waals surface area contributed by atoms with Crippen LogP contribution in [-0.4, -0.2) is 29.7 Å². The molecule has 1 aromatic carbocycles. The maximum atomic E-state index is 4.73. The Morgan fingerprint density at radius 3 is 2.58 bits per heavy atom. The van der Waals surface area contributed by atoms with E-state index < -0.39 is 0 Å². The third-order valence-corrected chi connectivity index (χ3v) is 9.24. The SMILES string of the molecule is C=C(NC/C(=C/C)SCPCCC)S/C(=C\C)CNc1nc(-c2ccc(C)cc2)cs1. The van der Waals surface area contributed by atoms with E-state index in [-0.39, 0.29) is 0 Å². The molecule has 31 heavy (non-hydrogen) atoms. The van der Waals surface area contributed by atoms with Crippen LogP contribution in [0.4, 0.5) is 5.13 Å². The Balaban J connectivity index is 1.76. The molecule has 168 valence electrons. The van der Waals surface area contributed by atoms with Crippen molar-refractivity contribution in [3.63, 3.8) is 0 Å². The first-order valence-corrected chi connectivity index (χ1v) is 14.7. The molecular weight excluding hydrogens is 457 g/mol. The largest absolute Gasteiger partial charge is 0.375 e. The van der Waals surface area contributed by atoms with Crippen LogP contribution in [0.25, 0.3) is 11.3 Å². The molecule has 3 nitrogen and oxygen atoms in total. The number of benzene rings is 1. The number of aryl methyl sites for hydroxylation is 1. The van der Waals surface area contributed by atoms with Crippen molar-refractivity contribution in [3.05, 3.63) is 68.8 Å². The monoisotopic (exact) mass is 491 g/mol. The van der Waals surface area contributed by atoms with E-state index in [1.54, 1.807) is 23.1 Å². The second kappa shape index (κ2) is 14.8. The number of anilines is 1. The van der Waals surface area contributed by atoms with Crippen molar-refractivity contribution in [2.75, 3.05) is 30.1 Å². The summed E-state index contributed by atoms with van der Waals surface area (Å²) in [5.74, 6) is 0. The Morgan fingerprint density at radius 2 is 1.90 bits per heavy atom. The van der Waals surface area contributed by atoms with Gasteiger partial charge in [0.05, 0.1) is 10.7 Å². The predicted molar refractivity (Wildman–Crippen MR) is 149 cm³/mol. The first-order valence-electron chi connectivity index (χ1n) is 10.6. The first kappa shape index (κ1) is 26.1. The van der Waals surface area contributed by atoms with Gasteiger partial charge >= 0.3 is 0 Å². The highest BCUT2D eigenvalue weighted by atomic mass is 32.2. The molecule has 0 aliphatic rings. The van der Waals surface area contributed by atoms with Crippen molar-refractivity contribution in [3.8, 4) is 11.3 Å². The Morgan fingerprint density at radius 1 is 1.16 bits per heavy atom. The minimum atomic E-state index is 0.742. The minimum Gasteiger partial charge on any atom is -0.375 e. The van der Waals surface area contributed by atoms with Gasteiger partial charge in [0.1, 0.15) is 0 Å². The van der Waals surface area contributed by atoms with Gasteiger partial charge in [-0.25, -0.2) is 4.98 Å². The molecule has 2 aromatic rings. The zero-order chi connectivity index (χ0) is 22.5. The second-order valence-corrected chi connectivity index (χ2v) is 12.0. The summed E-state index contributed by atoms with van der Waals surface area (Å²) in [6, 6.07) is 8.49. The van der Waals surface area contributed by atoms with Crippen molar-refractivity contribution >= 4 is 48.6 Å². The Bertz CT molecular complexity index is 872. The summed E-state index contributed by atoms with van der Waals surface area (Å²) in [6.45, 7) is 14.3. The molecule has 2 N–H and O–H groups in total. The van der Waals surface area contributed by atoms with E-state index in [2.05, 4.69) is 86.7 Å². The van der Waals surface area contributed by atoms with Crippen LogP contribution in [0.5, 0.6) is 0 Å². The second-order valence-electron chi connectivity index (χ2n) is 6.93. The molecular formula is C24H34N3PS3. The number of thioether (sulfide) groups is 2. The molecule has 0 saturated carbocycles. The third-order valence-electron chi connectivity index (χ3n) is 4.41. The van der Waals surface area contributed by atoms with Gasteiger partial charge in [0.15, 0.2) is 5.13 Å². The Kier molecular flexibility index (Phi) is 12.4. The lowest BCUT2D eigenvalue weighted by molar-refractivity contribution is 0.961. The molecule has 0 amide bonds.